The van der Waals surface area contributed by atoms with Gasteiger partial charge in [-0.3, -0.25) is 0 Å². The number of halogens is 2. The first-order valence-corrected chi connectivity index (χ1v) is 8.85. The minimum atomic E-state index is 0. The first-order valence-electron chi connectivity index (χ1n) is 8.85. The highest BCUT2D eigenvalue weighted by Gasteiger charge is 2.15. The fourth-order valence-electron chi connectivity index (χ4n) is 3.32. The molecule has 0 radical (unpaired) electrons. The molecule has 0 aliphatic carbocycles. The number of likely N-dealkylation sites (tertiary alicyclic amines) is 1. The van der Waals surface area contributed by atoms with Crippen molar-refractivity contribution in [1.82, 2.24) is 4.90 Å². The van der Waals surface area contributed by atoms with Crippen LogP contribution < -0.4 is 9.47 Å². The van der Waals surface area contributed by atoms with Crippen LogP contribution in [0.3, 0.4) is 0 Å². The highest BCUT2D eigenvalue weighted by atomic mass is 35.5. The SMILES string of the molecule is C[C@H]1CCCN(CCCOc2ccc(-c3cc[n+]([O-])cc3)cc2)C1.Cl.Cl. The Morgan fingerprint density at radius 1 is 1.08 bits per heavy atom. The lowest BCUT2D eigenvalue weighted by Crippen LogP contribution is -2.35. The fourth-order valence-corrected chi connectivity index (χ4v) is 3.32. The van der Waals surface area contributed by atoms with Gasteiger partial charge < -0.3 is 14.8 Å². The van der Waals surface area contributed by atoms with Crippen LogP contribution in [0, 0.1) is 11.1 Å². The number of pyridine rings is 1. The third kappa shape index (κ3) is 6.67. The topological polar surface area (TPSA) is 39.4 Å². The van der Waals surface area contributed by atoms with Gasteiger partial charge in [0.2, 0.25) is 0 Å². The summed E-state index contributed by atoms with van der Waals surface area (Å²) in [5, 5.41) is 11.1. The molecule has 0 unspecified atom stereocenters. The van der Waals surface area contributed by atoms with E-state index in [1.54, 1.807) is 0 Å². The van der Waals surface area contributed by atoms with Gasteiger partial charge in [-0.25, -0.2) is 0 Å². The minimum absolute atomic E-state index is 0. The summed E-state index contributed by atoms with van der Waals surface area (Å²) in [4.78, 5) is 2.55. The largest absolute Gasteiger partial charge is 0.619 e. The molecule has 1 aliphatic heterocycles. The molecule has 144 valence electrons. The van der Waals surface area contributed by atoms with Crippen LogP contribution in [0.15, 0.2) is 48.8 Å². The molecule has 1 aromatic heterocycles. The fraction of sp³-hybridized carbons (Fsp3) is 0.450. The Bertz CT molecular complexity index is 635. The summed E-state index contributed by atoms with van der Waals surface area (Å²) in [6, 6.07) is 11.7. The third-order valence-corrected chi connectivity index (χ3v) is 4.62. The molecule has 0 spiro atoms. The third-order valence-electron chi connectivity index (χ3n) is 4.62. The molecule has 3 rings (SSSR count). The second kappa shape index (κ2) is 11.3. The molecule has 1 atom stereocenters. The molecule has 1 fully saturated rings. The van der Waals surface area contributed by atoms with Crippen molar-refractivity contribution in [1.29, 1.82) is 0 Å². The summed E-state index contributed by atoms with van der Waals surface area (Å²) in [5.74, 6) is 1.74. The molecule has 0 saturated carbocycles. The normalized spacial score (nSPS) is 17.0. The van der Waals surface area contributed by atoms with Gasteiger partial charge in [0.1, 0.15) is 5.75 Å². The lowest BCUT2D eigenvalue weighted by atomic mass is 10.0. The van der Waals surface area contributed by atoms with Crippen LogP contribution >= 0.6 is 24.8 Å². The Kier molecular flexibility index (Phi) is 9.78. The molecule has 2 aromatic rings. The maximum atomic E-state index is 11.1. The summed E-state index contributed by atoms with van der Waals surface area (Å²) in [6.07, 6.45) is 6.80. The summed E-state index contributed by atoms with van der Waals surface area (Å²) in [5.41, 5.74) is 2.12. The van der Waals surface area contributed by atoms with E-state index >= 15 is 0 Å². The monoisotopic (exact) mass is 398 g/mol. The Morgan fingerprint density at radius 3 is 2.38 bits per heavy atom. The van der Waals surface area contributed by atoms with Crippen molar-refractivity contribution < 1.29 is 9.47 Å². The maximum absolute atomic E-state index is 11.1. The zero-order valence-electron chi connectivity index (χ0n) is 15.2. The number of hydrogen-bond donors (Lipinski definition) is 0. The molecular formula is C20H28Cl2N2O2. The van der Waals surface area contributed by atoms with Crippen molar-refractivity contribution in [3.63, 3.8) is 0 Å². The summed E-state index contributed by atoms with van der Waals surface area (Å²) < 4.78 is 6.65. The quantitative estimate of drug-likeness (QED) is 0.412. The average Bonchev–Trinajstić information content (AvgIpc) is 2.60. The predicted molar refractivity (Wildman–Crippen MR) is 110 cm³/mol. The Labute approximate surface area is 168 Å². The van der Waals surface area contributed by atoms with E-state index in [2.05, 4.69) is 11.8 Å². The molecule has 0 amide bonds. The van der Waals surface area contributed by atoms with Crippen molar-refractivity contribution in [3.05, 3.63) is 54.0 Å². The van der Waals surface area contributed by atoms with Gasteiger partial charge in [0.25, 0.3) is 0 Å². The highest BCUT2D eigenvalue weighted by Crippen LogP contribution is 2.21. The molecule has 2 heterocycles. The van der Waals surface area contributed by atoms with Crippen LogP contribution in [0.5, 0.6) is 5.75 Å². The van der Waals surface area contributed by atoms with Crippen molar-refractivity contribution in [2.75, 3.05) is 26.2 Å². The smallest absolute Gasteiger partial charge is 0.180 e. The van der Waals surface area contributed by atoms with E-state index in [9.17, 15) is 5.21 Å². The zero-order valence-corrected chi connectivity index (χ0v) is 16.8. The summed E-state index contributed by atoms with van der Waals surface area (Å²) >= 11 is 0. The van der Waals surface area contributed by atoms with E-state index < -0.39 is 0 Å². The van der Waals surface area contributed by atoms with Gasteiger partial charge in [0.05, 0.1) is 6.61 Å². The standard InChI is InChI=1S/C20H26N2O2.2ClH/c1-17-4-2-11-21(16-17)12-3-15-24-20-7-5-18(6-8-20)19-9-13-22(23)14-10-19;;/h5-10,13-14,17H,2-4,11-12,15-16H2,1H3;2*1H/t17-;;/m0../s1. The molecular weight excluding hydrogens is 371 g/mol. The lowest BCUT2D eigenvalue weighted by Gasteiger charge is -2.30. The molecule has 0 bridgehead atoms. The van der Waals surface area contributed by atoms with Crippen molar-refractivity contribution in [2.24, 2.45) is 5.92 Å². The van der Waals surface area contributed by atoms with Crippen LogP contribution in [0.1, 0.15) is 26.2 Å². The van der Waals surface area contributed by atoms with Gasteiger partial charge in [-0.1, -0.05) is 19.1 Å². The summed E-state index contributed by atoms with van der Waals surface area (Å²) in [7, 11) is 0. The van der Waals surface area contributed by atoms with Crippen LogP contribution in [0.25, 0.3) is 11.1 Å². The van der Waals surface area contributed by atoms with E-state index in [0.29, 0.717) is 0 Å². The van der Waals surface area contributed by atoms with Crippen LogP contribution in [0.4, 0.5) is 0 Å². The number of nitrogens with zero attached hydrogens (tertiary/aromatic N) is 2. The molecule has 1 aliphatic rings. The van der Waals surface area contributed by atoms with Gasteiger partial charge in [0.15, 0.2) is 12.4 Å². The number of piperidine rings is 1. The number of benzene rings is 1. The Balaban J connectivity index is 0.00000169. The number of ether oxygens (including phenoxy) is 1. The van der Waals surface area contributed by atoms with Gasteiger partial charge in [0, 0.05) is 25.2 Å². The maximum Gasteiger partial charge on any atom is 0.180 e. The van der Waals surface area contributed by atoms with Gasteiger partial charge in [-0.05, 0) is 55.0 Å². The van der Waals surface area contributed by atoms with Crippen molar-refractivity contribution in [2.45, 2.75) is 26.2 Å². The molecule has 26 heavy (non-hydrogen) atoms. The zero-order chi connectivity index (χ0) is 16.8. The molecule has 1 saturated heterocycles. The molecule has 4 nitrogen and oxygen atoms in total. The lowest BCUT2D eigenvalue weighted by molar-refractivity contribution is -0.605. The molecule has 6 heteroatoms. The number of hydrogen-bond acceptors (Lipinski definition) is 3. The highest BCUT2D eigenvalue weighted by molar-refractivity contribution is 5.85. The van der Waals surface area contributed by atoms with E-state index in [-0.39, 0.29) is 24.8 Å². The first kappa shape index (κ1) is 22.6. The van der Waals surface area contributed by atoms with Crippen LogP contribution in [0.2, 0.25) is 0 Å². The van der Waals surface area contributed by atoms with E-state index in [1.807, 2.05) is 36.4 Å². The minimum Gasteiger partial charge on any atom is -0.619 e. The molecule has 0 N–H and O–H groups in total. The van der Waals surface area contributed by atoms with E-state index in [1.165, 1.54) is 38.3 Å². The summed E-state index contributed by atoms with van der Waals surface area (Å²) in [6.45, 7) is 6.69. The van der Waals surface area contributed by atoms with Crippen molar-refractivity contribution >= 4 is 24.8 Å². The predicted octanol–water partition coefficient (Wildman–Crippen LogP) is 4.33. The van der Waals surface area contributed by atoms with Crippen molar-refractivity contribution in [3.8, 4) is 16.9 Å². The second-order valence-electron chi connectivity index (χ2n) is 6.72. The van der Waals surface area contributed by atoms with Gasteiger partial charge in [-0.2, -0.15) is 4.73 Å². The average molecular weight is 399 g/mol. The Hall–Kier alpha value is -1.49. The van der Waals surface area contributed by atoms with Crippen LogP contribution in [-0.2, 0) is 0 Å². The second-order valence-corrected chi connectivity index (χ2v) is 6.72. The number of rotatable bonds is 6. The first-order chi connectivity index (χ1) is 11.7. The van der Waals surface area contributed by atoms with Gasteiger partial charge in [-0.15, -0.1) is 24.8 Å². The van der Waals surface area contributed by atoms with E-state index in [0.717, 1.165) is 47.1 Å². The van der Waals surface area contributed by atoms with E-state index in [4.69, 9.17) is 4.74 Å². The Morgan fingerprint density at radius 2 is 1.73 bits per heavy atom. The van der Waals surface area contributed by atoms with Gasteiger partial charge >= 0.3 is 0 Å². The number of aromatic nitrogens is 1. The van der Waals surface area contributed by atoms with Crippen LogP contribution in [-0.4, -0.2) is 31.1 Å². The molecule has 1 aromatic carbocycles.